The molecule has 3 aromatic rings. The van der Waals surface area contributed by atoms with Crippen molar-refractivity contribution in [3.8, 4) is 17.1 Å². The largest absolute Gasteiger partial charge is 0.471 e. The van der Waals surface area contributed by atoms with Crippen LogP contribution in [0.2, 0.25) is 0 Å². The summed E-state index contributed by atoms with van der Waals surface area (Å²) in [5, 5.41) is 6.71. The molecule has 6 bridgehead atoms. The first kappa shape index (κ1) is 20.5. The highest BCUT2D eigenvalue weighted by molar-refractivity contribution is 5.94. The zero-order valence-corrected chi connectivity index (χ0v) is 18.4. The van der Waals surface area contributed by atoms with E-state index in [1.54, 1.807) is 0 Å². The van der Waals surface area contributed by atoms with Crippen LogP contribution in [0.3, 0.4) is 0 Å². The Bertz CT molecular complexity index is 1140. The lowest BCUT2D eigenvalue weighted by atomic mass is 10.00. The molecule has 0 aliphatic carbocycles. The van der Waals surface area contributed by atoms with Crippen LogP contribution in [0.4, 0.5) is 5.95 Å². The first-order chi connectivity index (χ1) is 15.6. The minimum Gasteiger partial charge on any atom is -0.471 e. The molecule has 0 unspecified atom stereocenters. The molecule has 1 amide bonds. The summed E-state index contributed by atoms with van der Waals surface area (Å²) >= 11 is 0. The molecule has 2 aliphatic heterocycles. The van der Waals surface area contributed by atoms with Crippen LogP contribution in [-0.4, -0.2) is 53.1 Å². The number of amides is 1. The number of nitrogens with one attached hydrogen (secondary N) is 2. The van der Waals surface area contributed by atoms with Crippen molar-refractivity contribution in [2.24, 2.45) is 0 Å². The second kappa shape index (κ2) is 8.59. The average molecular weight is 430 g/mol. The normalized spacial score (nSPS) is 18.4. The van der Waals surface area contributed by atoms with E-state index in [1.165, 1.54) is 0 Å². The number of carbonyl (C=O) groups excluding carboxylic acids is 1. The minimum absolute atomic E-state index is 0.0254. The van der Waals surface area contributed by atoms with Crippen molar-refractivity contribution in [1.29, 1.82) is 0 Å². The highest BCUT2D eigenvalue weighted by atomic mass is 16.5. The predicted molar refractivity (Wildman–Crippen MR) is 124 cm³/mol. The number of benzene rings is 2. The number of carbonyl (C=O) groups is 1. The van der Waals surface area contributed by atoms with Crippen LogP contribution in [0.5, 0.6) is 5.88 Å². The molecule has 1 aromatic heterocycles. The maximum absolute atomic E-state index is 13.2. The van der Waals surface area contributed by atoms with Crippen molar-refractivity contribution in [3.05, 3.63) is 70.8 Å². The monoisotopic (exact) mass is 429 g/mol. The minimum atomic E-state index is -0.209. The number of fused-ring (bicyclic) bond motifs is 6. The summed E-state index contributed by atoms with van der Waals surface area (Å²) in [5.41, 5.74) is 5.91. The van der Waals surface area contributed by atoms with Crippen LogP contribution in [0.15, 0.2) is 48.5 Å². The summed E-state index contributed by atoms with van der Waals surface area (Å²) in [7, 11) is 0. The van der Waals surface area contributed by atoms with Crippen molar-refractivity contribution >= 4 is 11.9 Å². The Kier molecular flexibility index (Phi) is 5.49. The summed E-state index contributed by atoms with van der Waals surface area (Å²) in [6.07, 6.45) is -0.209. The molecule has 0 radical (unpaired) electrons. The van der Waals surface area contributed by atoms with E-state index in [1.807, 2.05) is 35.2 Å². The van der Waals surface area contributed by atoms with Crippen LogP contribution in [0, 0.1) is 13.8 Å². The van der Waals surface area contributed by atoms with Gasteiger partial charge in [0.25, 0.3) is 5.91 Å². The number of aryl methyl sites for hydroxylation is 2. The molecular formula is C25H27N5O2. The number of nitrogens with zero attached hydrogens (tertiary/aromatic N) is 3. The molecule has 0 saturated carbocycles. The van der Waals surface area contributed by atoms with E-state index in [0.29, 0.717) is 43.6 Å². The predicted octanol–water partition coefficient (Wildman–Crippen LogP) is 3.18. The molecule has 7 nitrogen and oxygen atoms in total. The zero-order chi connectivity index (χ0) is 22.1. The lowest BCUT2D eigenvalue weighted by Gasteiger charge is -2.24. The molecule has 2 N–H and O–H groups in total. The van der Waals surface area contributed by atoms with E-state index >= 15 is 0 Å². The topological polar surface area (TPSA) is 79.4 Å². The summed E-state index contributed by atoms with van der Waals surface area (Å²) < 4.78 is 6.32. The highest BCUT2D eigenvalue weighted by Crippen LogP contribution is 2.29. The van der Waals surface area contributed by atoms with Gasteiger partial charge in [-0.25, -0.2) is 4.98 Å². The van der Waals surface area contributed by atoms with Gasteiger partial charge in [-0.2, -0.15) is 4.98 Å². The molecular weight excluding hydrogens is 402 g/mol. The van der Waals surface area contributed by atoms with Crippen LogP contribution < -0.4 is 15.4 Å². The number of hydrogen-bond donors (Lipinski definition) is 2. The van der Waals surface area contributed by atoms with E-state index in [4.69, 9.17) is 9.72 Å². The Balaban J connectivity index is 1.60. The van der Waals surface area contributed by atoms with Gasteiger partial charge in [-0.3, -0.25) is 4.79 Å². The van der Waals surface area contributed by atoms with Gasteiger partial charge in [0.2, 0.25) is 11.8 Å². The van der Waals surface area contributed by atoms with Gasteiger partial charge in [-0.15, -0.1) is 0 Å². The molecule has 1 fully saturated rings. The lowest BCUT2D eigenvalue weighted by Crippen LogP contribution is -2.40. The third-order valence-corrected chi connectivity index (χ3v) is 5.99. The van der Waals surface area contributed by atoms with E-state index in [9.17, 15) is 4.79 Å². The lowest BCUT2D eigenvalue weighted by molar-refractivity contribution is 0.0694. The van der Waals surface area contributed by atoms with Crippen molar-refractivity contribution in [2.75, 3.05) is 31.5 Å². The summed E-state index contributed by atoms with van der Waals surface area (Å²) in [6, 6.07) is 15.9. The van der Waals surface area contributed by atoms with Gasteiger partial charge >= 0.3 is 0 Å². The summed E-state index contributed by atoms with van der Waals surface area (Å²) in [4.78, 5) is 24.5. The van der Waals surface area contributed by atoms with Crippen molar-refractivity contribution in [1.82, 2.24) is 20.2 Å². The standard InChI is InChI=1S/C25H27N5O2/c1-16-5-3-6-17(2)23(16)21-12-22-29-25(28-21)27-13-18-7-4-8-19(11-18)24(31)30-10-9-26-14-20(15-30)32-22/h3-8,11-12,20,26H,9-10,13-15H2,1-2H3,(H,27,28,29)/t20-/m1/s1. The molecule has 2 aliphatic rings. The number of hydrogen-bond acceptors (Lipinski definition) is 6. The molecule has 0 spiro atoms. The molecule has 32 heavy (non-hydrogen) atoms. The van der Waals surface area contributed by atoms with Gasteiger partial charge < -0.3 is 20.3 Å². The number of ether oxygens (including phenoxy) is 1. The Morgan fingerprint density at radius 3 is 2.72 bits per heavy atom. The van der Waals surface area contributed by atoms with E-state index in [2.05, 4.69) is 47.7 Å². The van der Waals surface area contributed by atoms with Crippen LogP contribution in [-0.2, 0) is 6.54 Å². The van der Waals surface area contributed by atoms with E-state index in [0.717, 1.165) is 34.5 Å². The quantitative estimate of drug-likeness (QED) is 0.619. The Labute approximate surface area is 187 Å². The second-order valence-corrected chi connectivity index (χ2v) is 8.43. The smallest absolute Gasteiger partial charge is 0.254 e. The number of rotatable bonds is 1. The maximum atomic E-state index is 13.2. The van der Waals surface area contributed by atoms with Crippen molar-refractivity contribution < 1.29 is 9.53 Å². The van der Waals surface area contributed by atoms with E-state index in [-0.39, 0.29) is 12.0 Å². The molecule has 5 rings (SSSR count). The summed E-state index contributed by atoms with van der Waals surface area (Å²) in [6.45, 7) is 7.22. The van der Waals surface area contributed by atoms with Gasteiger partial charge in [-0.05, 0) is 42.7 Å². The first-order valence-electron chi connectivity index (χ1n) is 11.0. The SMILES string of the molecule is Cc1cccc(C)c1-c1cc2nc(n1)NCc1cccc(c1)C(=O)N1CCNC[C@H](C1)O2. The molecule has 164 valence electrons. The van der Waals surface area contributed by atoms with Crippen molar-refractivity contribution in [2.45, 2.75) is 26.5 Å². The van der Waals surface area contributed by atoms with E-state index < -0.39 is 0 Å². The first-order valence-corrected chi connectivity index (χ1v) is 11.0. The van der Waals surface area contributed by atoms with Crippen LogP contribution in [0.1, 0.15) is 27.0 Å². The van der Waals surface area contributed by atoms with Gasteiger partial charge in [0.05, 0.1) is 12.2 Å². The number of aromatic nitrogens is 2. The maximum Gasteiger partial charge on any atom is 0.254 e. The fraction of sp³-hybridized carbons (Fsp3) is 0.320. The fourth-order valence-corrected chi connectivity index (χ4v) is 4.40. The van der Waals surface area contributed by atoms with Gasteiger partial charge in [0, 0.05) is 43.4 Å². The third-order valence-electron chi connectivity index (χ3n) is 5.99. The molecule has 7 heteroatoms. The Hall–Kier alpha value is -3.45. The Morgan fingerprint density at radius 2 is 1.88 bits per heavy atom. The van der Waals surface area contributed by atoms with Gasteiger partial charge in [0.15, 0.2) is 0 Å². The van der Waals surface area contributed by atoms with Crippen LogP contribution in [0.25, 0.3) is 11.3 Å². The summed E-state index contributed by atoms with van der Waals surface area (Å²) in [5.74, 6) is 1.04. The second-order valence-electron chi connectivity index (χ2n) is 8.43. The molecule has 1 atom stereocenters. The Morgan fingerprint density at radius 1 is 1.06 bits per heavy atom. The molecule has 2 aromatic carbocycles. The molecule has 1 saturated heterocycles. The molecule has 3 heterocycles. The average Bonchev–Trinajstić information content (AvgIpc) is 3.02. The van der Waals surface area contributed by atoms with Gasteiger partial charge in [0.1, 0.15) is 6.10 Å². The van der Waals surface area contributed by atoms with Crippen molar-refractivity contribution in [3.63, 3.8) is 0 Å². The number of anilines is 1. The third kappa shape index (κ3) is 4.16. The fourth-order valence-electron chi connectivity index (χ4n) is 4.40. The zero-order valence-electron chi connectivity index (χ0n) is 18.4. The highest BCUT2D eigenvalue weighted by Gasteiger charge is 2.25. The van der Waals surface area contributed by atoms with Gasteiger partial charge in [-0.1, -0.05) is 30.3 Å². The van der Waals surface area contributed by atoms with Crippen LogP contribution >= 0.6 is 0 Å².